The first-order valence-electron chi connectivity index (χ1n) is 10.4. The number of fused-ring (bicyclic) bond motifs is 3. The number of sulfone groups is 1. The molecule has 1 aliphatic rings. The van der Waals surface area contributed by atoms with Crippen LogP contribution in [-0.4, -0.2) is 44.5 Å². The van der Waals surface area contributed by atoms with Crippen molar-refractivity contribution >= 4 is 21.9 Å². The number of hydrogen-bond donors (Lipinski definition) is 2. The second-order valence-electron chi connectivity index (χ2n) is 7.98. The molecule has 4 rings (SSSR count). The van der Waals surface area contributed by atoms with Crippen molar-refractivity contribution in [3.63, 3.8) is 0 Å². The van der Waals surface area contributed by atoms with Crippen molar-refractivity contribution in [1.82, 2.24) is 5.32 Å². The van der Waals surface area contributed by atoms with E-state index < -0.39 is 27.9 Å². The van der Waals surface area contributed by atoms with E-state index >= 15 is 0 Å². The third kappa shape index (κ3) is 4.90. The largest absolute Gasteiger partial charge is 0.480 e. The van der Waals surface area contributed by atoms with Crippen molar-refractivity contribution in [2.24, 2.45) is 0 Å². The molecule has 0 unspecified atom stereocenters. The minimum atomic E-state index is -3.35. The highest BCUT2D eigenvalue weighted by molar-refractivity contribution is 7.90. The lowest BCUT2D eigenvalue weighted by atomic mass is 9.98. The van der Waals surface area contributed by atoms with Crippen LogP contribution in [0.1, 0.15) is 22.6 Å². The van der Waals surface area contributed by atoms with Crippen LogP contribution >= 0.6 is 0 Å². The van der Waals surface area contributed by atoms with Crippen LogP contribution in [0.15, 0.2) is 77.7 Å². The van der Waals surface area contributed by atoms with Crippen LogP contribution < -0.4 is 5.32 Å². The summed E-state index contributed by atoms with van der Waals surface area (Å²) in [7, 11) is -3.35. The fraction of sp³-hybridized carbons (Fsp3) is 0.200. The Bertz CT molecular complexity index is 1250. The Morgan fingerprint density at radius 2 is 1.48 bits per heavy atom. The predicted molar refractivity (Wildman–Crippen MR) is 123 cm³/mol. The minimum absolute atomic E-state index is 0.0103. The molecular formula is C25H23NO6S. The Balaban J connectivity index is 1.42. The number of benzene rings is 3. The summed E-state index contributed by atoms with van der Waals surface area (Å²) in [6.45, 7) is 0.0786. The summed E-state index contributed by atoms with van der Waals surface area (Å²) < 4.78 is 28.6. The van der Waals surface area contributed by atoms with E-state index in [4.69, 9.17) is 4.74 Å². The van der Waals surface area contributed by atoms with Gasteiger partial charge in [0.05, 0.1) is 4.90 Å². The first-order chi connectivity index (χ1) is 15.7. The zero-order valence-electron chi connectivity index (χ0n) is 17.9. The average molecular weight is 466 g/mol. The van der Waals surface area contributed by atoms with E-state index in [0.29, 0.717) is 5.56 Å². The van der Waals surface area contributed by atoms with Gasteiger partial charge in [0.1, 0.15) is 12.6 Å². The maximum absolute atomic E-state index is 12.4. The maximum atomic E-state index is 12.4. The van der Waals surface area contributed by atoms with Crippen LogP contribution in [0.3, 0.4) is 0 Å². The zero-order chi connectivity index (χ0) is 23.6. The third-order valence-electron chi connectivity index (χ3n) is 5.73. The van der Waals surface area contributed by atoms with E-state index in [2.05, 4.69) is 5.32 Å². The molecule has 0 aliphatic heterocycles. The molecule has 0 fully saturated rings. The predicted octanol–water partition coefficient (Wildman–Crippen LogP) is 3.62. The average Bonchev–Trinajstić information content (AvgIpc) is 3.11. The number of aliphatic carboxylic acids is 1. The van der Waals surface area contributed by atoms with Crippen LogP contribution in [0.2, 0.25) is 0 Å². The lowest BCUT2D eigenvalue weighted by Crippen LogP contribution is -2.42. The molecule has 1 atom stereocenters. The van der Waals surface area contributed by atoms with Crippen LogP contribution in [0, 0.1) is 0 Å². The van der Waals surface area contributed by atoms with E-state index in [-0.39, 0.29) is 23.8 Å². The van der Waals surface area contributed by atoms with Gasteiger partial charge in [-0.05, 0) is 39.9 Å². The van der Waals surface area contributed by atoms with Gasteiger partial charge >= 0.3 is 12.1 Å². The molecule has 2 N–H and O–H groups in total. The topological polar surface area (TPSA) is 110 Å². The van der Waals surface area contributed by atoms with Gasteiger partial charge in [-0.1, -0.05) is 60.7 Å². The number of carboxylic acid groups (broad SMARTS) is 1. The van der Waals surface area contributed by atoms with Crippen molar-refractivity contribution in [2.75, 3.05) is 12.9 Å². The quantitative estimate of drug-likeness (QED) is 0.552. The van der Waals surface area contributed by atoms with E-state index in [9.17, 15) is 23.1 Å². The van der Waals surface area contributed by atoms with Crippen molar-refractivity contribution in [1.29, 1.82) is 0 Å². The van der Waals surface area contributed by atoms with Crippen molar-refractivity contribution < 1.29 is 27.9 Å². The van der Waals surface area contributed by atoms with Crippen molar-refractivity contribution in [2.45, 2.75) is 23.3 Å². The zero-order valence-corrected chi connectivity index (χ0v) is 18.7. The molecule has 7 nitrogen and oxygen atoms in total. The Hall–Kier alpha value is -3.65. The second-order valence-corrected chi connectivity index (χ2v) is 10.00. The number of carbonyl (C=O) groups excluding carboxylic acids is 1. The molecule has 3 aromatic carbocycles. The molecule has 1 aliphatic carbocycles. The molecule has 3 aromatic rings. The number of carboxylic acids is 1. The Kier molecular flexibility index (Phi) is 6.20. The van der Waals surface area contributed by atoms with E-state index in [0.717, 1.165) is 28.5 Å². The SMILES string of the molecule is CS(=O)(=O)c1ccc(C[C@@H](NC(=O)OCC2c3ccccc3-c3ccccc32)C(=O)O)cc1. The number of nitrogens with one attached hydrogen (secondary N) is 1. The van der Waals surface area contributed by atoms with E-state index in [1.807, 2.05) is 48.5 Å². The number of carbonyl (C=O) groups is 2. The molecule has 33 heavy (non-hydrogen) atoms. The van der Waals surface area contributed by atoms with Gasteiger partial charge in [0.2, 0.25) is 0 Å². The fourth-order valence-electron chi connectivity index (χ4n) is 4.09. The highest BCUT2D eigenvalue weighted by Gasteiger charge is 2.29. The first kappa shape index (κ1) is 22.5. The van der Waals surface area contributed by atoms with Crippen molar-refractivity contribution in [3.05, 3.63) is 89.5 Å². The van der Waals surface area contributed by atoms with E-state index in [1.54, 1.807) is 0 Å². The van der Waals surface area contributed by atoms with Gasteiger partial charge in [-0.3, -0.25) is 0 Å². The van der Waals surface area contributed by atoms with Gasteiger partial charge in [-0.15, -0.1) is 0 Å². The highest BCUT2D eigenvalue weighted by Crippen LogP contribution is 2.44. The summed E-state index contributed by atoms with van der Waals surface area (Å²) in [6.07, 6.45) is 0.265. The molecule has 0 aromatic heterocycles. The summed E-state index contributed by atoms with van der Waals surface area (Å²) in [5.41, 5.74) is 4.90. The molecule has 0 heterocycles. The normalized spacial score (nSPS) is 13.6. The van der Waals surface area contributed by atoms with Crippen LogP contribution in [0.25, 0.3) is 11.1 Å². The van der Waals surface area contributed by atoms with Crippen LogP contribution in [-0.2, 0) is 25.8 Å². The smallest absolute Gasteiger partial charge is 0.407 e. The van der Waals surface area contributed by atoms with Crippen molar-refractivity contribution in [3.8, 4) is 11.1 Å². The fourth-order valence-corrected chi connectivity index (χ4v) is 4.72. The van der Waals surface area contributed by atoms with Gasteiger partial charge in [-0.25, -0.2) is 18.0 Å². The number of alkyl carbamates (subject to hydrolysis) is 1. The molecular weight excluding hydrogens is 442 g/mol. The highest BCUT2D eigenvalue weighted by atomic mass is 32.2. The van der Waals surface area contributed by atoms with Crippen LogP contribution in [0.4, 0.5) is 4.79 Å². The van der Waals surface area contributed by atoms with Gasteiger partial charge in [0.25, 0.3) is 0 Å². The lowest BCUT2D eigenvalue weighted by Gasteiger charge is -2.17. The summed E-state index contributed by atoms with van der Waals surface area (Å²) in [5.74, 6) is -1.34. The Morgan fingerprint density at radius 1 is 0.939 bits per heavy atom. The third-order valence-corrected chi connectivity index (χ3v) is 6.85. The van der Waals surface area contributed by atoms with Gasteiger partial charge in [0, 0.05) is 18.6 Å². The monoisotopic (exact) mass is 465 g/mol. The summed E-state index contributed by atoms with van der Waals surface area (Å²) in [6, 6.07) is 20.5. The number of rotatable bonds is 7. The Morgan fingerprint density at radius 3 is 2.00 bits per heavy atom. The molecule has 0 saturated heterocycles. The molecule has 170 valence electrons. The van der Waals surface area contributed by atoms with Gasteiger partial charge in [0.15, 0.2) is 9.84 Å². The summed E-state index contributed by atoms with van der Waals surface area (Å²) in [5, 5.41) is 11.9. The van der Waals surface area contributed by atoms with Crippen LogP contribution in [0.5, 0.6) is 0 Å². The molecule has 0 bridgehead atoms. The first-order valence-corrected chi connectivity index (χ1v) is 12.3. The molecule has 1 amide bonds. The second kappa shape index (κ2) is 9.07. The van der Waals surface area contributed by atoms with E-state index in [1.165, 1.54) is 24.3 Å². The molecule has 8 heteroatoms. The van der Waals surface area contributed by atoms with Gasteiger partial charge in [-0.2, -0.15) is 0 Å². The molecule has 0 radical (unpaired) electrons. The lowest BCUT2D eigenvalue weighted by molar-refractivity contribution is -0.139. The maximum Gasteiger partial charge on any atom is 0.407 e. The molecule has 0 spiro atoms. The number of amides is 1. The number of ether oxygens (including phenoxy) is 1. The molecule has 0 saturated carbocycles. The summed E-state index contributed by atoms with van der Waals surface area (Å²) in [4.78, 5) is 24.3. The standard InChI is InChI=1S/C25H23NO6S/c1-33(30,31)17-12-10-16(11-13-17)14-23(24(27)28)26-25(29)32-15-22-20-8-4-2-6-18(20)19-7-3-5-9-21(19)22/h2-13,22-23H,14-15H2,1H3,(H,26,29)(H,27,28)/t23-/m1/s1. The summed E-state index contributed by atoms with van der Waals surface area (Å²) >= 11 is 0. The van der Waals surface area contributed by atoms with Gasteiger partial charge < -0.3 is 15.2 Å². The number of hydrogen-bond acceptors (Lipinski definition) is 5. The Labute approximate surface area is 192 Å². The minimum Gasteiger partial charge on any atom is -0.480 e.